The fourth-order valence-electron chi connectivity index (χ4n) is 1.47. The summed E-state index contributed by atoms with van der Waals surface area (Å²) in [6.45, 7) is 2.35. The second-order valence-corrected chi connectivity index (χ2v) is 4.66. The van der Waals surface area contributed by atoms with Gasteiger partial charge in [0.25, 0.3) is 0 Å². The number of rotatable bonds is 4. The van der Waals surface area contributed by atoms with Gasteiger partial charge in [-0.05, 0) is 13.0 Å². The van der Waals surface area contributed by atoms with E-state index in [9.17, 15) is 8.78 Å². The summed E-state index contributed by atoms with van der Waals surface area (Å²) in [5, 5.41) is 3.17. The molecule has 0 radical (unpaired) electrons. The molecule has 1 heterocycles. The minimum Gasteiger partial charge on any atom is -0.305 e. The van der Waals surface area contributed by atoms with Crippen LogP contribution in [0.1, 0.15) is 23.4 Å². The molecule has 17 heavy (non-hydrogen) atoms. The summed E-state index contributed by atoms with van der Waals surface area (Å²) in [6, 6.07) is 3.72. The highest BCUT2D eigenvalue weighted by Gasteiger charge is 2.08. The van der Waals surface area contributed by atoms with Crippen LogP contribution in [0.4, 0.5) is 8.78 Å². The van der Waals surface area contributed by atoms with E-state index < -0.39 is 11.6 Å². The third-order valence-corrected chi connectivity index (χ3v) is 3.45. The Bertz CT molecular complexity index is 485. The quantitative estimate of drug-likeness (QED) is 0.905. The van der Waals surface area contributed by atoms with Gasteiger partial charge in [-0.25, -0.2) is 8.78 Å². The van der Waals surface area contributed by atoms with Crippen LogP contribution in [0.25, 0.3) is 0 Å². The smallest absolute Gasteiger partial charge is 0.130 e. The van der Waals surface area contributed by atoms with E-state index in [-0.39, 0.29) is 6.04 Å². The summed E-state index contributed by atoms with van der Waals surface area (Å²) < 4.78 is 26.1. The lowest BCUT2D eigenvalue weighted by Crippen LogP contribution is -2.18. The second-order valence-electron chi connectivity index (χ2n) is 3.74. The van der Waals surface area contributed by atoms with Crippen LogP contribution in [0.15, 0.2) is 29.9 Å². The van der Waals surface area contributed by atoms with Crippen molar-refractivity contribution in [2.45, 2.75) is 19.5 Å². The molecule has 1 atom stereocenters. The first-order valence-corrected chi connectivity index (χ1v) is 6.10. The molecule has 2 aromatic rings. The molecule has 1 aromatic heterocycles. The molecule has 0 aliphatic heterocycles. The zero-order valence-corrected chi connectivity index (χ0v) is 10.1. The molecule has 2 nitrogen and oxygen atoms in total. The summed E-state index contributed by atoms with van der Waals surface area (Å²) in [7, 11) is 0. The lowest BCUT2D eigenvalue weighted by atomic mass is 10.2. The maximum atomic E-state index is 13.4. The van der Waals surface area contributed by atoms with E-state index >= 15 is 0 Å². The van der Waals surface area contributed by atoms with Gasteiger partial charge in [0.2, 0.25) is 0 Å². The number of benzene rings is 1. The zero-order chi connectivity index (χ0) is 12.3. The SMILES string of the molecule is CC(NCc1ccc(F)cc1F)c1cncs1. The molecular formula is C12H12F2N2S. The van der Waals surface area contributed by atoms with Crippen molar-refractivity contribution in [1.82, 2.24) is 10.3 Å². The third kappa shape index (κ3) is 3.08. The molecule has 2 rings (SSSR count). The summed E-state index contributed by atoms with van der Waals surface area (Å²) in [4.78, 5) is 5.07. The fraction of sp³-hybridized carbons (Fsp3) is 0.250. The van der Waals surface area contributed by atoms with Crippen molar-refractivity contribution in [2.24, 2.45) is 0 Å². The van der Waals surface area contributed by atoms with Gasteiger partial charge in [0.05, 0.1) is 5.51 Å². The van der Waals surface area contributed by atoms with Gasteiger partial charge in [0.1, 0.15) is 11.6 Å². The summed E-state index contributed by atoms with van der Waals surface area (Å²) in [5.41, 5.74) is 2.22. The van der Waals surface area contributed by atoms with E-state index in [4.69, 9.17) is 0 Å². The largest absolute Gasteiger partial charge is 0.305 e. The number of nitrogens with zero attached hydrogens (tertiary/aromatic N) is 1. The average molecular weight is 254 g/mol. The maximum absolute atomic E-state index is 13.4. The predicted molar refractivity (Wildman–Crippen MR) is 63.7 cm³/mol. The first-order valence-electron chi connectivity index (χ1n) is 5.22. The molecule has 5 heteroatoms. The Balaban J connectivity index is 1.98. The molecule has 0 saturated carbocycles. The highest BCUT2D eigenvalue weighted by Crippen LogP contribution is 2.17. The maximum Gasteiger partial charge on any atom is 0.130 e. The van der Waals surface area contributed by atoms with E-state index in [1.54, 1.807) is 23.0 Å². The van der Waals surface area contributed by atoms with E-state index in [1.165, 1.54) is 12.1 Å². The van der Waals surface area contributed by atoms with Crippen molar-refractivity contribution in [1.29, 1.82) is 0 Å². The Hall–Kier alpha value is -1.33. The first-order chi connectivity index (χ1) is 8.16. The fourth-order valence-corrected chi connectivity index (χ4v) is 2.12. The normalized spacial score (nSPS) is 12.6. The second kappa shape index (κ2) is 5.33. The number of halogens is 2. The minimum absolute atomic E-state index is 0.104. The minimum atomic E-state index is -0.554. The van der Waals surface area contributed by atoms with E-state index in [0.717, 1.165) is 10.9 Å². The Morgan fingerprint density at radius 3 is 2.88 bits per heavy atom. The van der Waals surface area contributed by atoms with Crippen LogP contribution in [0, 0.1) is 11.6 Å². The summed E-state index contributed by atoms with van der Waals surface area (Å²) >= 11 is 1.55. The molecule has 1 aromatic carbocycles. The van der Waals surface area contributed by atoms with Gasteiger partial charge in [-0.15, -0.1) is 11.3 Å². The summed E-state index contributed by atoms with van der Waals surface area (Å²) in [6.07, 6.45) is 1.78. The van der Waals surface area contributed by atoms with Crippen LogP contribution in [0.2, 0.25) is 0 Å². The Kier molecular flexibility index (Phi) is 3.81. The standard InChI is InChI=1S/C12H12F2N2S/c1-8(12-6-15-7-17-12)16-5-9-2-3-10(13)4-11(9)14/h2-4,6-8,16H,5H2,1H3. The number of hydrogen-bond acceptors (Lipinski definition) is 3. The molecule has 0 spiro atoms. The van der Waals surface area contributed by atoms with Gasteiger partial charge < -0.3 is 5.32 Å². The Morgan fingerprint density at radius 1 is 1.41 bits per heavy atom. The topological polar surface area (TPSA) is 24.9 Å². The number of nitrogens with one attached hydrogen (secondary N) is 1. The van der Waals surface area contributed by atoms with Crippen molar-refractivity contribution >= 4 is 11.3 Å². The number of hydrogen-bond donors (Lipinski definition) is 1. The van der Waals surface area contributed by atoms with Crippen molar-refractivity contribution in [3.63, 3.8) is 0 Å². The molecular weight excluding hydrogens is 242 g/mol. The molecule has 90 valence electrons. The molecule has 0 aliphatic carbocycles. The van der Waals surface area contributed by atoms with E-state index in [1.807, 2.05) is 6.92 Å². The third-order valence-electron chi connectivity index (χ3n) is 2.49. The van der Waals surface area contributed by atoms with E-state index in [0.29, 0.717) is 12.1 Å². The molecule has 0 saturated heterocycles. The lowest BCUT2D eigenvalue weighted by molar-refractivity contribution is 0.537. The van der Waals surface area contributed by atoms with E-state index in [2.05, 4.69) is 10.3 Å². The lowest BCUT2D eigenvalue weighted by Gasteiger charge is -2.12. The highest BCUT2D eigenvalue weighted by molar-refractivity contribution is 7.09. The Labute approximate surface area is 102 Å². The zero-order valence-electron chi connectivity index (χ0n) is 9.28. The number of thiazole rings is 1. The van der Waals surface area contributed by atoms with Crippen LogP contribution >= 0.6 is 11.3 Å². The van der Waals surface area contributed by atoms with Crippen molar-refractivity contribution in [3.8, 4) is 0 Å². The van der Waals surface area contributed by atoms with Gasteiger partial charge >= 0.3 is 0 Å². The molecule has 1 unspecified atom stereocenters. The van der Waals surface area contributed by atoms with Crippen molar-refractivity contribution < 1.29 is 8.78 Å². The van der Waals surface area contributed by atoms with Crippen molar-refractivity contribution in [2.75, 3.05) is 0 Å². The predicted octanol–water partition coefficient (Wildman–Crippen LogP) is 3.27. The van der Waals surface area contributed by atoms with Gasteiger partial charge in [0.15, 0.2) is 0 Å². The highest BCUT2D eigenvalue weighted by atomic mass is 32.1. The first kappa shape index (κ1) is 12.1. The summed E-state index contributed by atoms with van der Waals surface area (Å²) in [5.74, 6) is -1.07. The van der Waals surface area contributed by atoms with Gasteiger partial charge in [-0.3, -0.25) is 4.98 Å². The molecule has 0 bridgehead atoms. The number of aromatic nitrogens is 1. The van der Waals surface area contributed by atoms with Crippen molar-refractivity contribution in [3.05, 3.63) is 52.0 Å². The van der Waals surface area contributed by atoms with Gasteiger partial charge in [-0.1, -0.05) is 6.07 Å². The molecule has 0 amide bonds. The van der Waals surface area contributed by atoms with Crippen LogP contribution in [-0.4, -0.2) is 4.98 Å². The van der Waals surface area contributed by atoms with Crippen LogP contribution in [-0.2, 0) is 6.54 Å². The van der Waals surface area contributed by atoms with Gasteiger partial charge in [-0.2, -0.15) is 0 Å². The Morgan fingerprint density at radius 2 is 2.24 bits per heavy atom. The molecule has 0 fully saturated rings. The molecule has 0 aliphatic rings. The monoisotopic (exact) mass is 254 g/mol. The molecule has 1 N–H and O–H groups in total. The van der Waals surface area contributed by atoms with Crippen LogP contribution < -0.4 is 5.32 Å². The van der Waals surface area contributed by atoms with Crippen LogP contribution in [0.3, 0.4) is 0 Å². The average Bonchev–Trinajstić information content (AvgIpc) is 2.81. The van der Waals surface area contributed by atoms with Crippen LogP contribution in [0.5, 0.6) is 0 Å². The van der Waals surface area contributed by atoms with Gasteiger partial charge in [0, 0.05) is 35.3 Å².